The smallest absolute Gasteiger partial charge is 0.328 e. The van der Waals surface area contributed by atoms with Gasteiger partial charge in [-0.25, -0.2) is 4.79 Å². The summed E-state index contributed by atoms with van der Waals surface area (Å²) >= 11 is 0. The highest BCUT2D eigenvalue weighted by atomic mass is 35.5. The molecule has 1 aromatic carbocycles. The van der Waals surface area contributed by atoms with Crippen molar-refractivity contribution in [3.05, 3.63) is 34.7 Å². The molecule has 1 saturated carbocycles. The van der Waals surface area contributed by atoms with Crippen molar-refractivity contribution >= 4 is 29.3 Å². The number of fused-ring (bicyclic) bond motifs is 2. The van der Waals surface area contributed by atoms with Crippen LogP contribution >= 0.6 is 12.4 Å². The zero-order valence-corrected chi connectivity index (χ0v) is 15.2. The minimum atomic E-state index is -0.0655. The maximum atomic E-state index is 12.6. The first-order valence-electron chi connectivity index (χ1n) is 8.74. The van der Waals surface area contributed by atoms with E-state index in [1.165, 1.54) is 0 Å². The second-order valence-electron chi connectivity index (χ2n) is 7.20. The second-order valence-corrected chi connectivity index (χ2v) is 7.20. The molecule has 1 aromatic heterocycles. The average molecular weight is 365 g/mol. The van der Waals surface area contributed by atoms with Crippen LogP contribution in [-0.2, 0) is 18.4 Å². The molecule has 0 bridgehead atoms. The Morgan fingerprint density at radius 1 is 1.20 bits per heavy atom. The predicted octanol–water partition coefficient (Wildman–Crippen LogP) is 1.35. The van der Waals surface area contributed by atoms with Gasteiger partial charge in [-0.05, 0) is 36.8 Å². The van der Waals surface area contributed by atoms with Crippen LogP contribution in [-0.4, -0.2) is 39.1 Å². The van der Waals surface area contributed by atoms with E-state index in [0.717, 1.165) is 37.0 Å². The fourth-order valence-electron chi connectivity index (χ4n) is 4.46. The number of amides is 1. The number of hydrogen-bond acceptors (Lipinski definition) is 3. The fourth-order valence-corrected chi connectivity index (χ4v) is 4.46. The predicted molar refractivity (Wildman–Crippen MR) is 99.8 cm³/mol. The first kappa shape index (κ1) is 18.0. The Balaban J connectivity index is 0.00000182. The van der Waals surface area contributed by atoms with Gasteiger partial charge in [0.05, 0.1) is 11.0 Å². The maximum absolute atomic E-state index is 12.6. The molecule has 0 radical (unpaired) electrons. The Kier molecular flexibility index (Phi) is 4.93. The molecule has 3 atom stereocenters. The van der Waals surface area contributed by atoms with Crippen molar-refractivity contribution in [3.63, 3.8) is 0 Å². The summed E-state index contributed by atoms with van der Waals surface area (Å²) in [5.41, 5.74) is 7.87. The van der Waals surface area contributed by atoms with Crippen molar-refractivity contribution in [2.24, 2.45) is 24.6 Å². The largest absolute Gasteiger partial charge is 0.342 e. The summed E-state index contributed by atoms with van der Waals surface area (Å²) in [6.45, 7) is 2.05. The number of rotatable bonds is 3. The Labute approximate surface area is 153 Å². The van der Waals surface area contributed by atoms with E-state index in [1.54, 1.807) is 16.2 Å². The third-order valence-corrected chi connectivity index (χ3v) is 5.87. The standard InChI is InChI=1S/C18H24N4O2.ClH/c1-20-15-4-2-3-5-16(15)22(18(20)24)9-8-17(23)21-10-12-6-7-14(19)13(12)11-21;/h2-5,12-14H,6-11,19H2,1H3;1H. The van der Waals surface area contributed by atoms with Crippen molar-refractivity contribution in [2.75, 3.05) is 13.1 Å². The van der Waals surface area contributed by atoms with E-state index in [-0.39, 0.29) is 30.0 Å². The first-order chi connectivity index (χ1) is 11.6. The summed E-state index contributed by atoms with van der Waals surface area (Å²) in [4.78, 5) is 26.9. The Hall–Kier alpha value is -1.79. The van der Waals surface area contributed by atoms with Gasteiger partial charge in [-0.15, -0.1) is 12.4 Å². The number of para-hydroxylation sites is 2. The number of aryl methyl sites for hydroxylation is 2. The molecule has 3 unspecified atom stereocenters. The second kappa shape index (κ2) is 6.84. The number of hydrogen-bond donors (Lipinski definition) is 1. The van der Waals surface area contributed by atoms with Gasteiger partial charge in [-0.1, -0.05) is 12.1 Å². The van der Waals surface area contributed by atoms with Crippen LogP contribution in [0.3, 0.4) is 0 Å². The highest BCUT2D eigenvalue weighted by Crippen LogP contribution is 2.37. The van der Waals surface area contributed by atoms with Crippen LogP contribution in [0.1, 0.15) is 19.3 Å². The van der Waals surface area contributed by atoms with Crippen molar-refractivity contribution in [2.45, 2.75) is 31.8 Å². The molecule has 7 heteroatoms. The molecule has 6 nitrogen and oxygen atoms in total. The minimum Gasteiger partial charge on any atom is -0.342 e. The van der Waals surface area contributed by atoms with Crippen LogP contribution in [0.15, 0.2) is 29.1 Å². The third-order valence-electron chi connectivity index (χ3n) is 5.87. The van der Waals surface area contributed by atoms with Crippen LogP contribution in [0.25, 0.3) is 11.0 Å². The lowest BCUT2D eigenvalue weighted by Gasteiger charge is -2.18. The molecule has 136 valence electrons. The van der Waals surface area contributed by atoms with Crippen LogP contribution in [0.2, 0.25) is 0 Å². The summed E-state index contributed by atoms with van der Waals surface area (Å²) in [7, 11) is 1.77. The molecule has 2 N–H and O–H groups in total. The summed E-state index contributed by atoms with van der Waals surface area (Å²) in [6.07, 6.45) is 2.59. The number of imidazole rings is 1. The Morgan fingerprint density at radius 3 is 2.64 bits per heavy atom. The zero-order valence-electron chi connectivity index (χ0n) is 14.4. The Bertz CT molecular complexity index is 843. The first-order valence-corrected chi connectivity index (χ1v) is 8.74. The lowest BCUT2D eigenvalue weighted by atomic mass is 9.98. The molecule has 0 spiro atoms. The number of likely N-dealkylation sites (tertiary alicyclic amines) is 1. The van der Waals surface area contributed by atoms with Crippen LogP contribution in [0.4, 0.5) is 0 Å². The third kappa shape index (κ3) is 2.98. The number of benzene rings is 1. The van der Waals surface area contributed by atoms with Crippen LogP contribution < -0.4 is 11.4 Å². The number of carbonyl (C=O) groups is 1. The molecular weight excluding hydrogens is 340 g/mol. The Morgan fingerprint density at radius 2 is 1.92 bits per heavy atom. The van der Waals surface area contributed by atoms with Crippen molar-refractivity contribution in [1.29, 1.82) is 0 Å². The van der Waals surface area contributed by atoms with Crippen molar-refractivity contribution < 1.29 is 4.79 Å². The molecule has 4 rings (SSSR count). The molecule has 2 aromatic rings. The van der Waals surface area contributed by atoms with E-state index in [2.05, 4.69) is 0 Å². The minimum absolute atomic E-state index is 0. The topological polar surface area (TPSA) is 73.3 Å². The molecule has 2 aliphatic rings. The highest BCUT2D eigenvalue weighted by molar-refractivity contribution is 5.85. The monoisotopic (exact) mass is 364 g/mol. The molecule has 2 heterocycles. The average Bonchev–Trinajstić information content (AvgIpc) is 3.22. The number of carbonyl (C=O) groups excluding carboxylic acids is 1. The number of nitrogens with zero attached hydrogens (tertiary/aromatic N) is 3. The van der Waals surface area contributed by atoms with E-state index < -0.39 is 0 Å². The summed E-state index contributed by atoms with van der Waals surface area (Å²) in [6, 6.07) is 7.94. The van der Waals surface area contributed by atoms with Gasteiger partial charge in [0.25, 0.3) is 0 Å². The molecule has 1 aliphatic carbocycles. The van der Waals surface area contributed by atoms with Gasteiger partial charge >= 0.3 is 5.69 Å². The van der Waals surface area contributed by atoms with Crippen LogP contribution in [0, 0.1) is 11.8 Å². The lowest BCUT2D eigenvalue weighted by Crippen LogP contribution is -2.34. The molecule has 1 amide bonds. The molecule has 2 fully saturated rings. The van der Waals surface area contributed by atoms with Gasteiger partial charge in [-0.2, -0.15) is 0 Å². The van der Waals surface area contributed by atoms with Crippen LogP contribution in [0.5, 0.6) is 0 Å². The van der Waals surface area contributed by atoms with Gasteiger partial charge in [0.2, 0.25) is 5.91 Å². The van der Waals surface area contributed by atoms with E-state index >= 15 is 0 Å². The van der Waals surface area contributed by atoms with E-state index in [1.807, 2.05) is 29.2 Å². The molecule has 1 aliphatic heterocycles. The maximum Gasteiger partial charge on any atom is 0.328 e. The normalized spacial score (nSPS) is 25.2. The highest BCUT2D eigenvalue weighted by Gasteiger charge is 2.42. The summed E-state index contributed by atoms with van der Waals surface area (Å²) in [5.74, 6) is 1.18. The molecule has 1 saturated heterocycles. The SMILES string of the molecule is Cl.Cn1c(=O)n(CCC(=O)N2CC3CCC(N)C3C2)c2ccccc21. The van der Waals surface area contributed by atoms with Gasteiger partial charge in [0, 0.05) is 39.1 Å². The molecule has 25 heavy (non-hydrogen) atoms. The fraction of sp³-hybridized carbons (Fsp3) is 0.556. The summed E-state index contributed by atoms with van der Waals surface area (Å²) < 4.78 is 3.34. The zero-order chi connectivity index (χ0) is 16.8. The lowest BCUT2D eigenvalue weighted by molar-refractivity contribution is -0.130. The molecular formula is C18H25ClN4O2. The van der Waals surface area contributed by atoms with Gasteiger partial charge in [0.1, 0.15) is 0 Å². The van der Waals surface area contributed by atoms with Crippen molar-refractivity contribution in [3.8, 4) is 0 Å². The van der Waals surface area contributed by atoms with Gasteiger partial charge in [-0.3, -0.25) is 13.9 Å². The van der Waals surface area contributed by atoms with Gasteiger partial charge < -0.3 is 10.6 Å². The van der Waals surface area contributed by atoms with E-state index in [9.17, 15) is 9.59 Å². The number of halogens is 1. The van der Waals surface area contributed by atoms with Crippen molar-refractivity contribution in [1.82, 2.24) is 14.0 Å². The van der Waals surface area contributed by atoms with E-state index in [4.69, 9.17) is 5.73 Å². The van der Waals surface area contributed by atoms with E-state index in [0.29, 0.717) is 24.8 Å². The quantitative estimate of drug-likeness (QED) is 0.893. The number of nitrogens with two attached hydrogens (primary N) is 1. The van der Waals surface area contributed by atoms with Gasteiger partial charge in [0.15, 0.2) is 0 Å². The summed E-state index contributed by atoms with van der Waals surface area (Å²) in [5, 5.41) is 0. The number of aromatic nitrogens is 2.